The molecule has 0 aromatic heterocycles. The standard InChI is InChI=1S/C30H27N3O7/c1-2-15-3-6-19-18(9-15)30(29(38)31-19)26-25(20(32-30)10-16-4-7-21(34)22(35)11-16)27(36)33(28(26)37)13-17-5-8-23-24(12-17)40-14-39-23/h3-9,11-12,20,25-26,32,34-35H,2,10,13-14H2,1H3,(H,31,38). The molecule has 3 aromatic carbocycles. The number of benzene rings is 3. The first-order valence-electron chi connectivity index (χ1n) is 13.3. The monoisotopic (exact) mass is 541 g/mol. The van der Waals surface area contributed by atoms with Gasteiger partial charge in [-0.15, -0.1) is 0 Å². The molecule has 4 aliphatic heterocycles. The van der Waals surface area contributed by atoms with Crippen LogP contribution in [0.2, 0.25) is 0 Å². The van der Waals surface area contributed by atoms with Gasteiger partial charge in [-0.1, -0.05) is 31.2 Å². The summed E-state index contributed by atoms with van der Waals surface area (Å²) in [5.74, 6) is -2.31. The van der Waals surface area contributed by atoms with Crippen molar-refractivity contribution in [3.05, 3.63) is 76.9 Å². The summed E-state index contributed by atoms with van der Waals surface area (Å²) in [5.41, 5.74) is 2.22. The number of rotatable bonds is 5. The van der Waals surface area contributed by atoms with Gasteiger partial charge in [0.15, 0.2) is 23.0 Å². The molecule has 4 heterocycles. The summed E-state index contributed by atoms with van der Waals surface area (Å²) in [5, 5.41) is 26.2. The molecule has 10 nitrogen and oxygen atoms in total. The summed E-state index contributed by atoms with van der Waals surface area (Å²) >= 11 is 0. The van der Waals surface area contributed by atoms with Gasteiger partial charge < -0.3 is 25.0 Å². The number of anilines is 1. The zero-order chi connectivity index (χ0) is 27.8. The van der Waals surface area contributed by atoms with Crippen molar-refractivity contribution in [1.29, 1.82) is 0 Å². The number of carbonyl (C=O) groups excluding carboxylic acids is 3. The lowest BCUT2D eigenvalue weighted by Crippen LogP contribution is -2.53. The third kappa shape index (κ3) is 3.42. The second-order valence-electron chi connectivity index (χ2n) is 10.7. The molecule has 0 radical (unpaired) electrons. The van der Waals surface area contributed by atoms with E-state index in [4.69, 9.17) is 9.47 Å². The number of fused-ring (bicyclic) bond motifs is 5. The summed E-state index contributed by atoms with van der Waals surface area (Å²) in [7, 11) is 0. The summed E-state index contributed by atoms with van der Waals surface area (Å²) in [6.45, 7) is 2.16. The number of ether oxygens (including phenoxy) is 2. The van der Waals surface area contributed by atoms with E-state index < -0.39 is 29.3 Å². The molecular weight excluding hydrogens is 514 g/mol. The molecule has 1 spiro atoms. The van der Waals surface area contributed by atoms with Gasteiger partial charge in [-0.3, -0.25) is 24.6 Å². The SMILES string of the molecule is CCc1ccc2c(c1)C1(NC(Cc3ccc(O)c(O)c3)C3C(=O)N(Cc4ccc5c(c4)OCO5)C(=O)C31)C(=O)N2. The van der Waals surface area contributed by atoms with Gasteiger partial charge in [0, 0.05) is 17.3 Å². The highest BCUT2D eigenvalue weighted by Gasteiger charge is 2.70. The molecule has 4 unspecified atom stereocenters. The third-order valence-corrected chi connectivity index (χ3v) is 8.55. The van der Waals surface area contributed by atoms with Gasteiger partial charge in [0.1, 0.15) is 5.54 Å². The molecule has 0 saturated carbocycles. The smallest absolute Gasteiger partial charge is 0.250 e. The lowest BCUT2D eigenvalue weighted by Gasteiger charge is -2.30. The first-order chi connectivity index (χ1) is 19.3. The van der Waals surface area contributed by atoms with Crippen LogP contribution in [0.4, 0.5) is 5.69 Å². The van der Waals surface area contributed by atoms with Crippen LogP contribution in [0.25, 0.3) is 0 Å². The molecular formula is C30H27N3O7. The van der Waals surface area contributed by atoms with Gasteiger partial charge in [-0.05, 0) is 59.9 Å². The molecule has 0 aliphatic carbocycles. The van der Waals surface area contributed by atoms with E-state index in [9.17, 15) is 24.6 Å². The van der Waals surface area contributed by atoms with Crippen LogP contribution in [0, 0.1) is 11.8 Å². The number of imide groups is 1. The highest BCUT2D eigenvalue weighted by molar-refractivity contribution is 6.15. The van der Waals surface area contributed by atoms with E-state index >= 15 is 0 Å². The Labute approximate surface area is 229 Å². The fraction of sp³-hybridized carbons (Fsp3) is 0.300. The van der Waals surface area contributed by atoms with Crippen LogP contribution in [-0.4, -0.2) is 45.7 Å². The molecule has 204 valence electrons. The molecule has 4 atom stereocenters. The second-order valence-corrected chi connectivity index (χ2v) is 10.7. The Morgan fingerprint density at radius 2 is 1.68 bits per heavy atom. The Hall–Kier alpha value is -4.57. The maximum atomic E-state index is 14.2. The predicted octanol–water partition coefficient (Wildman–Crippen LogP) is 2.55. The van der Waals surface area contributed by atoms with Crippen LogP contribution in [-0.2, 0) is 39.3 Å². The number of carbonyl (C=O) groups is 3. The highest BCUT2D eigenvalue weighted by Crippen LogP contribution is 2.54. The molecule has 4 N–H and O–H groups in total. The average molecular weight is 542 g/mol. The number of amides is 3. The van der Waals surface area contributed by atoms with E-state index in [1.54, 1.807) is 24.3 Å². The van der Waals surface area contributed by atoms with Crippen molar-refractivity contribution in [3.63, 3.8) is 0 Å². The largest absolute Gasteiger partial charge is 0.504 e. The lowest BCUT2D eigenvalue weighted by molar-refractivity contribution is -0.143. The van der Waals surface area contributed by atoms with Crippen LogP contribution >= 0.6 is 0 Å². The zero-order valence-corrected chi connectivity index (χ0v) is 21.6. The lowest BCUT2D eigenvalue weighted by atomic mass is 9.76. The van der Waals surface area contributed by atoms with Gasteiger partial charge in [0.25, 0.3) is 0 Å². The van der Waals surface area contributed by atoms with Gasteiger partial charge in [-0.2, -0.15) is 0 Å². The predicted molar refractivity (Wildman–Crippen MR) is 142 cm³/mol. The number of likely N-dealkylation sites (tertiary alicyclic amines) is 1. The van der Waals surface area contributed by atoms with Crippen molar-refractivity contribution in [2.45, 2.75) is 37.9 Å². The minimum Gasteiger partial charge on any atom is -0.504 e. The summed E-state index contributed by atoms with van der Waals surface area (Å²) in [4.78, 5) is 43.2. The van der Waals surface area contributed by atoms with Crippen molar-refractivity contribution in [2.75, 3.05) is 12.1 Å². The number of phenols is 2. The van der Waals surface area contributed by atoms with E-state index in [1.165, 1.54) is 17.0 Å². The number of nitrogens with zero attached hydrogens (tertiary/aromatic N) is 1. The minimum absolute atomic E-state index is 0.0353. The Balaban J connectivity index is 1.31. The summed E-state index contributed by atoms with van der Waals surface area (Å²) in [6, 6.07) is 14.9. The molecule has 4 aliphatic rings. The molecule has 3 aromatic rings. The number of aryl methyl sites for hydroxylation is 1. The maximum absolute atomic E-state index is 14.2. The van der Waals surface area contributed by atoms with Crippen molar-refractivity contribution in [3.8, 4) is 23.0 Å². The number of phenolic OH excluding ortho intramolecular Hbond substituents is 2. The first-order valence-corrected chi connectivity index (χ1v) is 13.3. The fourth-order valence-electron chi connectivity index (χ4n) is 6.63. The van der Waals surface area contributed by atoms with Gasteiger partial charge in [0.2, 0.25) is 24.5 Å². The van der Waals surface area contributed by atoms with E-state index in [1.807, 2.05) is 25.1 Å². The molecule has 3 amide bonds. The zero-order valence-electron chi connectivity index (χ0n) is 21.6. The Morgan fingerprint density at radius 1 is 0.900 bits per heavy atom. The van der Waals surface area contributed by atoms with E-state index in [2.05, 4.69) is 10.6 Å². The quantitative estimate of drug-likeness (QED) is 0.286. The van der Waals surface area contributed by atoms with E-state index in [0.717, 1.165) is 12.0 Å². The molecule has 2 fully saturated rings. The number of nitrogens with one attached hydrogen (secondary N) is 2. The molecule has 40 heavy (non-hydrogen) atoms. The molecule has 7 rings (SSSR count). The van der Waals surface area contributed by atoms with Gasteiger partial charge in [-0.25, -0.2) is 0 Å². The van der Waals surface area contributed by atoms with Crippen LogP contribution in [0.5, 0.6) is 23.0 Å². The minimum atomic E-state index is -1.43. The topological polar surface area (TPSA) is 137 Å². The van der Waals surface area contributed by atoms with Gasteiger partial charge in [0.05, 0.1) is 18.4 Å². The normalized spacial score (nSPS) is 26.0. The third-order valence-electron chi connectivity index (χ3n) is 8.55. The summed E-state index contributed by atoms with van der Waals surface area (Å²) < 4.78 is 10.9. The number of aromatic hydroxyl groups is 2. The molecule has 10 heteroatoms. The van der Waals surface area contributed by atoms with Gasteiger partial charge >= 0.3 is 0 Å². The number of hydrogen-bond acceptors (Lipinski definition) is 8. The maximum Gasteiger partial charge on any atom is 0.250 e. The van der Waals surface area contributed by atoms with E-state index in [0.29, 0.717) is 33.9 Å². The highest BCUT2D eigenvalue weighted by atomic mass is 16.7. The average Bonchev–Trinajstić information content (AvgIpc) is 3.67. The number of hydrogen-bond donors (Lipinski definition) is 4. The Bertz CT molecular complexity index is 1600. The van der Waals surface area contributed by atoms with Crippen molar-refractivity contribution in [1.82, 2.24) is 10.2 Å². The molecule has 0 bridgehead atoms. The van der Waals surface area contributed by atoms with Crippen molar-refractivity contribution in [2.24, 2.45) is 11.8 Å². The second kappa shape index (κ2) is 8.72. The summed E-state index contributed by atoms with van der Waals surface area (Å²) in [6.07, 6.45) is 0.995. The fourth-order valence-corrected chi connectivity index (χ4v) is 6.63. The van der Waals surface area contributed by atoms with Crippen LogP contribution < -0.4 is 20.1 Å². The van der Waals surface area contributed by atoms with Crippen molar-refractivity contribution < 1.29 is 34.1 Å². The van der Waals surface area contributed by atoms with Crippen molar-refractivity contribution >= 4 is 23.4 Å². The Morgan fingerprint density at radius 3 is 2.48 bits per heavy atom. The van der Waals surface area contributed by atoms with E-state index in [-0.39, 0.29) is 43.1 Å². The van der Waals surface area contributed by atoms with Crippen LogP contribution in [0.3, 0.4) is 0 Å². The van der Waals surface area contributed by atoms with Crippen LogP contribution in [0.15, 0.2) is 54.6 Å². The molecule has 2 saturated heterocycles. The first kappa shape index (κ1) is 24.5. The Kier molecular flexibility index (Phi) is 5.33. The van der Waals surface area contributed by atoms with Crippen LogP contribution in [0.1, 0.15) is 29.2 Å².